The Balaban J connectivity index is 1.45. The second-order valence-corrected chi connectivity index (χ2v) is 6.95. The molecule has 0 spiro atoms. The number of carbonyl (C=O) groups excluding carboxylic acids is 1. The van der Waals surface area contributed by atoms with E-state index in [9.17, 15) is 18.0 Å². The van der Waals surface area contributed by atoms with Crippen LogP contribution >= 0.6 is 11.3 Å². The molecule has 3 aromatic heterocycles. The van der Waals surface area contributed by atoms with Gasteiger partial charge in [-0.25, -0.2) is 0 Å². The highest BCUT2D eigenvalue weighted by Crippen LogP contribution is 2.35. The average Bonchev–Trinajstić information content (AvgIpc) is 3.28. The average molecular weight is 381 g/mol. The quantitative estimate of drug-likeness (QED) is 0.685. The Labute approximate surface area is 150 Å². The number of hydrogen-bond acceptors (Lipinski definition) is 5. The molecule has 0 aromatic carbocycles. The first-order valence-electron chi connectivity index (χ1n) is 7.94. The van der Waals surface area contributed by atoms with Gasteiger partial charge in [0.1, 0.15) is 4.88 Å². The monoisotopic (exact) mass is 381 g/mol. The zero-order chi connectivity index (χ0) is 18.3. The summed E-state index contributed by atoms with van der Waals surface area (Å²) < 4.78 is 40.0. The summed E-state index contributed by atoms with van der Waals surface area (Å²) in [5, 5.41) is 8.30. The lowest BCUT2D eigenvalue weighted by Crippen LogP contribution is -2.49. The number of fused-ring (bicyclic) bond motifs is 1. The first kappa shape index (κ1) is 16.8. The first-order valence-corrected chi connectivity index (χ1v) is 8.76. The third-order valence-electron chi connectivity index (χ3n) is 4.24. The van der Waals surface area contributed by atoms with Crippen LogP contribution in [0.4, 0.5) is 19.1 Å². The van der Waals surface area contributed by atoms with Gasteiger partial charge in [0.2, 0.25) is 5.95 Å². The second kappa shape index (κ2) is 6.27. The minimum atomic E-state index is -4.42. The molecular formula is C16H14F3N5OS. The number of piperazine rings is 1. The molecule has 1 amide bonds. The fourth-order valence-corrected chi connectivity index (χ4v) is 3.76. The molecule has 3 aromatic rings. The number of anilines is 1. The molecule has 10 heteroatoms. The van der Waals surface area contributed by atoms with Crippen LogP contribution in [0.5, 0.6) is 0 Å². The topological polar surface area (TPSA) is 53.7 Å². The van der Waals surface area contributed by atoms with Gasteiger partial charge in [-0.15, -0.1) is 21.5 Å². The van der Waals surface area contributed by atoms with E-state index in [4.69, 9.17) is 0 Å². The van der Waals surface area contributed by atoms with Crippen molar-refractivity contribution in [2.24, 2.45) is 0 Å². The number of thiophene rings is 1. The lowest BCUT2D eigenvalue weighted by atomic mass is 10.3. The van der Waals surface area contributed by atoms with Crippen LogP contribution in [0.2, 0.25) is 0 Å². The highest BCUT2D eigenvalue weighted by Gasteiger charge is 2.34. The standard InChI is InChI=1S/C16H14F3N5OS/c17-16(18,19)12-5-4-11(26-12)14(25)22-7-9-23(10-8-22)15-21-20-13-3-1-2-6-24(13)15/h1-6H,7-10H2. The Morgan fingerprint density at radius 2 is 1.81 bits per heavy atom. The van der Waals surface area contributed by atoms with E-state index in [0.717, 1.165) is 11.7 Å². The van der Waals surface area contributed by atoms with Crippen LogP contribution in [-0.4, -0.2) is 51.6 Å². The van der Waals surface area contributed by atoms with Crippen molar-refractivity contribution in [1.82, 2.24) is 19.5 Å². The molecule has 1 aliphatic rings. The third-order valence-corrected chi connectivity index (χ3v) is 5.36. The Hall–Kier alpha value is -2.62. The van der Waals surface area contributed by atoms with Crippen molar-refractivity contribution in [3.63, 3.8) is 0 Å². The molecule has 0 radical (unpaired) electrons. The van der Waals surface area contributed by atoms with Gasteiger partial charge in [-0.3, -0.25) is 9.20 Å². The molecule has 0 bridgehead atoms. The number of aromatic nitrogens is 3. The van der Waals surface area contributed by atoms with Crippen molar-refractivity contribution in [3.05, 3.63) is 46.3 Å². The zero-order valence-electron chi connectivity index (χ0n) is 13.5. The third kappa shape index (κ3) is 3.00. The summed E-state index contributed by atoms with van der Waals surface area (Å²) in [5.41, 5.74) is 0.735. The number of carbonyl (C=O) groups is 1. The predicted octanol–water partition coefficient (Wildman–Crippen LogP) is 2.77. The minimum absolute atomic E-state index is 0.110. The van der Waals surface area contributed by atoms with Crippen LogP contribution in [0.15, 0.2) is 36.5 Å². The van der Waals surface area contributed by atoms with E-state index in [1.54, 1.807) is 4.90 Å². The lowest BCUT2D eigenvalue weighted by molar-refractivity contribution is -0.134. The van der Waals surface area contributed by atoms with E-state index in [2.05, 4.69) is 10.2 Å². The van der Waals surface area contributed by atoms with Gasteiger partial charge in [-0.2, -0.15) is 13.2 Å². The molecule has 4 heterocycles. The van der Waals surface area contributed by atoms with Gasteiger partial charge in [-0.05, 0) is 24.3 Å². The normalized spacial score (nSPS) is 15.7. The fourth-order valence-electron chi connectivity index (χ4n) is 2.91. The molecule has 0 aliphatic carbocycles. The fraction of sp³-hybridized carbons (Fsp3) is 0.312. The summed E-state index contributed by atoms with van der Waals surface area (Å²) in [6, 6.07) is 7.81. The van der Waals surface area contributed by atoms with E-state index in [-0.39, 0.29) is 10.8 Å². The van der Waals surface area contributed by atoms with E-state index in [1.165, 1.54) is 6.07 Å². The molecule has 6 nitrogen and oxygen atoms in total. The van der Waals surface area contributed by atoms with Gasteiger partial charge < -0.3 is 9.80 Å². The predicted molar refractivity (Wildman–Crippen MR) is 90.4 cm³/mol. The summed E-state index contributed by atoms with van der Waals surface area (Å²) in [4.78, 5) is 15.4. The minimum Gasteiger partial charge on any atom is -0.337 e. The van der Waals surface area contributed by atoms with Crippen molar-refractivity contribution in [2.45, 2.75) is 6.18 Å². The molecule has 0 saturated carbocycles. The Kier molecular flexibility index (Phi) is 4.06. The smallest absolute Gasteiger partial charge is 0.337 e. The van der Waals surface area contributed by atoms with Crippen molar-refractivity contribution in [2.75, 3.05) is 31.1 Å². The van der Waals surface area contributed by atoms with E-state index in [0.29, 0.717) is 43.5 Å². The number of pyridine rings is 1. The maximum absolute atomic E-state index is 12.7. The number of halogens is 3. The molecule has 0 N–H and O–H groups in total. The number of amides is 1. The van der Waals surface area contributed by atoms with Crippen LogP contribution in [0.1, 0.15) is 14.5 Å². The molecule has 1 saturated heterocycles. The van der Waals surface area contributed by atoms with Crippen LogP contribution in [0, 0.1) is 0 Å². The van der Waals surface area contributed by atoms with Crippen LogP contribution in [0.3, 0.4) is 0 Å². The first-order chi connectivity index (χ1) is 12.4. The Bertz CT molecular complexity index is 943. The van der Waals surface area contributed by atoms with Gasteiger partial charge in [0.15, 0.2) is 5.65 Å². The molecule has 1 fully saturated rings. The molecule has 0 unspecified atom stereocenters. The summed E-state index contributed by atoms with van der Waals surface area (Å²) in [7, 11) is 0. The Morgan fingerprint density at radius 3 is 2.50 bits per heavy atom. The molecule has 0 atom stereocenters. The zero-order valence-corrected chi connectivity index (χ0v) is 14.3. The summed E-state index contributed by atoms with van der Waals surface area (Å²) in [5.74, 6) is 0.333. The maximum Gasteiger partial charge on any atom is 0.425 e. The van der Waals surface area contributed by atoms with Gasteiger partial charge in [0.05, 0.1) is 4.88 Å². The van der Waals surface area contributed by atoms with Crippen molar-refractivity contribution < 1.29 is 18.0 Å². The second-order valence-electron chi connectivity index (χ2n) is 5.87. The van der Waals surface area contributed by atoms with E-state index >= 15 is 0 Å². The SMILES string of the molecule is O=C(c1ccc(C(F)(F)F)s1)N1CCN(c2nnc3ccccn23)CC1. The number of alkyl halides is 3. The molecule has 26 heavy (non-hydrogen) atoms. The van der Waals surface area contributed by atoms with E-state index < -0.39 is 11.1 Å². The Morgan fingerprint density at radius 1 is 1.04 bits per heavy atom. The number of hydrogen-bond donors (Lipinski definition) is 0. The molecular weight excluding hydrogens is 367 g/mol. The van der Waals surface area contributed by atoms with Crippen molar-refractivity contribution in [3.8, 4) is 0 Å². The molecule has 1 aliphatic heterocycles. The van der Waals surface area contributed by atoms with Gasteiger partial charge in [-0.1, -0.05) is 6.07 Å². The van der Waals surface area contributed by atoms with Crippen molar-refractivity contribution in [1.29, 1.82) is 0 Å². The molecule has 4 rings (SSSR count). The molecule has 136 valence electrons. The van der Waals surface area contributed by atoms with Gasteiger partial charge in [0.25, 0.3) is 5.91 Å². The summed E-state index contributed by atoms with van der Waals surface area (Å²) >= 11 is 0.486. The maximum atomic E-state index is 12.7. The van der Waals surface area contributed by atoms with Crippen LogP contribution in [-0.2, 0) is 6.18 Å². The van der Waals surface area contributed by atoms with Gasteiger partial charge >= 0.3 is 6.18 Å². The number of nitrogens with zero attached hydrogens (tertiary/aromatic N) is 5. The number of rotatable bonds is 2. The van der Waals surface area contributed by atoms with Crippen LogP contribution in [0.25, 0.3) is 5.65 Å². The van der Waals surface area contributed by atoms with Gasteiger partial charge in [0, 0.05) is 32.4 Å². The van der Waals surface area contributed by atoms with Crippen molar-refractivity contribution >= 4 is 28.8 Å². The lowest BCUT2D eigenvalue weighted by Gasteiger charge is -2.34. The van der Waals surface area contributed by atoms with Crippen LogP contribution < -0.4 is 4.90 Å². The van der Waals surface area contributed by atoms with E-state index in [1.807, 2.05) is 33.7 Å². The largest absolute Gasteiger partial charge is 0.425 e. The highest BCUT2D eigenvalue weighted by atomic mass is 32.1. The highest BCUT2D eigenvalue weighted by molar-refractivity contribution is 7.14. The summed E-state index contributed by atoms with van der Waals surface area (Å²) in [6.45, 7) is 1.91. The summed E-state index contributed by atoms with van der Waals surface area (Å²) in [6.07, 6.45) is -2.55.